The van der Waals surface area contributed by atoms with Gasteiger partial charge in [0.1, 0.15) is 17.5 Å². The summed E-state index contributed by atoms with van der Waals surface area (Å²) in [6.45, 7) is 8.26. The lowest BCUT2D eigenvalue weighted by molar-refractivity contribution is -0.0382. The van der Waals surface area contributed by atoms with Crippen LogP contribution in [0.3, 0.4) is 0 Å². The fraction of sp³-hybridized carbons (Fsp3) is 0.867. The monoisotopic (exact) mass is 269 g/mol. The molecule has 0 spiro atoms. The van der Waals surface area contributed by atoms with Crippen molar-refractivity contribution < 1.29 is 15.1 Å². The second kappa shape index (κ2) is 5.43. The summed E-state index contributed by atoms with van der Waals surface area (Å²) < 4.78 is 5.99. The Hall–Kier alpha value is -0.580. The lowest BCUT2D eigenvalue weighted by atomic mass is 9.71. The maximum atomic E-state index is 10.8. The summed E-state index contributed by atoms with van der Waals surface area (Å²) in [7, 11) is 0. The Balaban J connectivity index is 2.22. The number of hydrogen-bond acceptors (Lipinski definition) is 4. The molecule has 0 aromatic heterocycles. The van der Waals surface area contributed by atoms with Crippen LogP contribution in [-0.4, -0.2) is 28.1 Å². The van der Waals surface area contributed by atoms with Crippen molar-refractivity contribution in [3.05, 3.63) is 11.8 Å². The van der Waals surface area contributed by atoms with Gasteiger partial charge in [-0.15, -0.1) is 0 Å². The van der Waals surface area contributed by atoms with Crippen LogP contribution in [0.4, 0.5) is 0 Å². The van der Waals surface area contributed by atoms with Crippen molar-refractivity contribution >= 4 is 0 Å². The van der Waals surface area contributed by atoms with E-state index >= 15 is 0 Å². The fourth-order valence-corrected chi connectivity index (χ4v) is 3.53. The van der Waals surface area contributed by atoms with Gasteiger partial charge in [0.2, 0.25) is 0 Å². The van der Waals surface area contributed by atoms with Gasteiger partial charge in [-0.3, -0.25) is 0 Å². The van der Waals surface area contributed by atoms with E-state index in [1.165, 1.54) is 0 Å². The Bertz CT molecular complexity index is 351. The van der Waals surface area contributed by atoms with Gasteiger partial charge in [0.15, 0.2) is 0 Å². The second-order valence-electron chi connectivity index (χ2n) is 6.84. The predicted octanol–water partition coefficient (Wildman–Crippen LogP) is 2.46. The minimum Gasteiger partial charge on any atom is -0.492 e. The van der Waals surface area contributed by atoms with Crippen LogP contribution in [0.1, 0.15) is 47.0 Å². The maximum absolute atomic E-state index is 10.8. The van der Waals surface area contributed by atoms with Crippen LogP contribution in [0, 0.1) is 17.8 Å². The summed E-state index contributed by atoms with van der Waals surface area (Å²) in [5, 5.41) is 20.2. The van der Waals surface area contributed by atoms with Gasteiger partial charge >= 0.3 is 0 Å². The molecule has 19 heavy (non-hydrogen) atoms. The molecule has 4 heteroatoms. The molecular formula is C15H27NO3. The Kier molecular flexibility index (Phi) is 4.23. The van der Waals surface area contributed by atoms with Gasteiger partial charge in [0.05, 0.1) is 0 Å². The molecule has 0 bridgehead atoms. The zero-order chi connectivity index (χ0) is 14.2. The molecule has 1 aliphatic carbocycles. The van der Waals surface area contributed by atoms with E-state index in [1.807, 2.05) is 13.0 Å². The van der Waals surface area contributed by atoms with E-state index in [4.69, 9.17) is 4.74 Å². The average molecular weight is 269 g/mol. The predicted molar refractivity (Wildman–Crippen MR) is 73.6 cm³/mol. The van der Waals surface area contributed by atoms with E-state index in [-0.39, 0.29) is 18.1 Å². The highest BCUT2D eigenvalue weighted by atomic mass is 16.5. The van der Waals surface area contributed by atoms with Crippen LogP contribution >= 0.6 is 0 Å². The number of nitrogens with one attached hydrogen (secondary N) is 1. The third-order valence-electron chi connectivity index (χ3n) is 4.49. The Morgan fingerprint density at radius 3 is 2.74 bits per heavy atom. The van der Waals surface area contributed by atoms with E-state index in [2.05, 4.69) is 26.3 Å². The Morgan fingerprint density at radius 2 is 2.16 bits per heavy atom. The summed E-state index contributed by atoms with van der Waals surface area (Å²) >= 11 is 0. The molecule has 5 atom stereocenters. The van der Waals surface area contributed by atoms with Crippen LogP contribution in [0.25, 0.3) is 0 Å². The first-order chi connectivity index (χ1) is 8.86. The largest absolute Gasteiger partial charge is 0.492 e. The van der Waals surface area contributed by atoms with E-state index in [9.17, 15) is 10.3 Å². The number of hydroxylamine groups is 1. The van der Waals surface area contributed by atoms with E-state index in [0.29, 0.717) is 17.6 Å². The standard InChI is InChI=1S/C15H27NO3/c1-9(2)5-6-13-15(4,17)14-11(16-18)7-10(3)8-12(14)19-13/h6,9-12,14,16-18H,5,7-8H2,1-4H3/b13-6-/t10-,11?,12?,14?,15?/m0/s1. The first kappa shape index (κ1) is 14.8. The molecule has 0 aromatic rings. The van der Waals surface area contributed by atoms with Gasteiger partial charge in [-0.05, 0) is 44.1 Å². The minimum absolute atomic E-state index is 0.00168. The van der Waals surface area contributed by atoms with Crippen LogP contribution in [0.15, 0.2) is 11.8 Å². The lowest BCUT2D eigenvalue weighted by Gasteiger charge is -2.38. The van der Waals surface area contributed by atoms with Crippen molar-refractivity contribution in [3.8, 4) is 0 Å². The van der Waals surface area contributed by atoms with Crippen LogP contribution < -0.4 is 5.48 Å². The SMILES string of the molecule is CC(C)C/C=C1\OC2C[C@@H](C)CC(NO)C2C1(C)O. The van der Waals surface area contributed by atoms with Crippen LogP contribution in [0.2, 0.25) is 0 Å². The minimum atomic E-state index is -0.986. The Labute approximate surface area is 115 Å². The first-order valence-electron chi connectivity index (χ1n) is 7.35. The fourth-order valence-electron chi connectivity index (χ4n) is 3.53. The summed E-state index contributed by atoms with van der Waals surface area (Å²) in [6, 6.07) is -0.103. The number of fused-ring (bicyclic) bond motifs is 1. The summed E-state index contributed by atoms with van der Waals surface area (Å²) in [5.41, 5.74) is 1.39. The number of aliphatic hydroxyl groups is 1. The third kappa shape index (κ3) is 2.81. The molecule has 2 fully saturated rings. The first-order valence-corrected chi connectivity index (χ1v) is 7.35. The molecular weight excluding hydrogens is 242 g/mol. The van der Waals surface area contributed by atoms with Crippen LogP contribution in [-0.2, 0) is 4.74 Å². The highest BCUT2D eigenvalue weighted by molar-refractivity contribution is 5.21. The molecule has 4 nitrogen and oxygen atoms in total. The number of allylic oxidation sites excluding steroid dienone is 1. The molecule has 2 rings (SSSR count). The summed E-state index contributed by atoms with van der Waals surface area (Å²) in [5.74, 6) is 1.64. The quantitative estimate of drug-likeness (QED) is 0.689. The number of rotatable bonds is 3. The molecule has 1 heterocycles. The molecule has 4 unspecified atom stereocenters. The molecule has 0 amide bonds. The van der Waals surface area contributed by atoms with Crippen molar-refractivity contribution in [2.24, 2.45) is 17.8 Å². The molecule has 2 aliphatic rings. The molecule has 1 saturated heterocycles. The normalized spacial score (nSPS) is 44.5. The zero-order valence-electron chi connectivity index (χ0n) is 12.4. The average Bonchev–Trinajstić information content (AvgIpc) is 2.56. The lowest BCUT2D eigenvalue weighted by Crippen LogP contribution is -2.52. The van der Waals surface area contributed by atoms with Gasteiger partial charge in [-0.2, -0.15) is 0 Å². The Morgan fingerprint density at radius 1 is 1.47 bits per heavy atom. The van der Waals surface area contributed by atoms with Crippen molar-refractivity contribution in [2.75, 3.05) is 0 Å². The van der Waals surface area contributed by atoms with E-state index in [0.717, 1.165) is 19.3 Å². The molecule has 110 valence electrons. The van der Waals surface area contributed by atoms with Crippen LogP contribution in [0.5, 0.6) is 0 Å². The molecule has 0 radical (unpaired) electrons. The second-order valence-corrected chi connectivity index (χ2v) is 6.84. The van der Waals surface area contributed by atoms with Gasteiger partial charge in [0, 0.05) is 12.0 Å². The molecule has 3 N–H and O–H groups in total. The van der Waals surface area contributed by atoms with E-state index in [1.54, 1.807) is 0 Å². The maximum Gasteiger partial charge on any atom is 0.126 e. The highest BCUT2D eigenvalue weighted by Crippen LogP contribution is 2.47. The summed E-state index contributed by atoms with van der Waals surface area (Å²) in [6.07, 6.45) is 4.73. The van der Waals surface area contributed by atoms with Gasteiger partial charge < -0.3 is 15.1 Å². The van der Waals surface area contributed by atoms with Crippen molar-refractivity contribution in [3.63, 3.8) is 0 Å². The van der Waals surface area contributed by atoms with Crippen molar-refractivity contribution in [1.29, 1.82) is 0 Å². The number of ether oxygens (including phenoxy) is 1. The zero-order valence-corrected chi connectivity index (χ0v) is 12.4. The highest BCUT2D eigenvalue weighted by Gasteiger charge is 2.55. The van der Waals surface area contributed by atoms with Crippen molar-refractivity contribution in [1.82, 2.24) is 5.48 Å². The third-order valence-corrected chi connectivity index (χ3v) is 4.49. The molecule has 1 aliphatic heterocycles. The topological polar surface area (TPSA) is 61.7 Å². The van der Waals surface area contributed by atoms with Crippen molar-refractivity contribution in [2.45, 2.75) is 64.7 Å². The smallest absolute Gasteiger partial charge is 0.126 e. The molecule has 1 saturated carbocycles. The van der Waals surface area contributed by atoms with Gasteiger partial charge in [-0.25, -0.2) is 5.48 Å². The van der Waals surface area contributed by atoms with Gasteiger partial charge in [0.25, 0.3) is 0 Å². The van der Waals surface area contributed by atoms with E-state index < -0.39 is 5.60 Å². The number of hydrogen-bond donors (Lipinski definition) is 3. The molecule has 0 aromatic carbocycles. The summed E-state index contributed by atoms with van der Waals surface area (Å²) in [4.78, 5) is 0. The van der Waals surface area contributed by atoms with Gasteiger partial charge in [-0.1, -0.05) is 20.8 Å².